The molecule has 1 aromatic rings. The molecule has 0 bridgehead atoms. The Morgan fingerprint density at radius 3 is 2.45 bits per heavy atom. The number of phenols is 1. The van der Waals surface area contributed by atoms with Crippen LogP contribution >= 0.6 is 0 Å². The van der Waals surface area contributed by atoms with Crippen molar-refractivity contribution in [2.24, 2.45) is 5.73 Å². The minimum absolute atomic E-state index is 0.0111. The number of benzene rings is 1. The highest BCUT2D eigenvalue weighted by atomic mass is 16.5. The topological polar surface area (TPSA) is 191 Å². The molecule has 1 heterocycles. The molecule has 0 spiro atoms. The van der Waals surface area contributed by atoms with Crippen LogP contribution in [0.4, 0.5) is 0 Å². The number of carboxylic acids is 2. The summed E-state index contributed by atoms with van der Waals surface area (Å²) in [6.45, 7) is 0.388. The molecule has 2 rings (SSSR count). The zero-order chi connectivity index (χ0) is 21.7. The Morgan fingerprint density at radius 2 is 1.90 bits per heavy atom. The third kappa shape index (κ3) is 5.83. The Bertz CT molecular complexity index is 780. The number of aromatic carboxylic acids is 1. The van der Waals surface area contributed by atoms with E-state index in [0.717, 1.165) is 0 Å². The Labute approximate surface area is 166 Å². The average Bonchev–Trinajstić information content (AvgIpc) is 2.60. The van der Waals surface area contributed by atoms with E-state index in [-0.39, 0.29) is 55.9 Å². The number of carbonyl (C=O) groups excluding carboxylic acids is 1. The molecule has 0 aromatic heterocycles. The molecule has 29 heavy (non-hydrogen) atoms. The molecule has 12 heteroatoms. The van der Waals surface area contributed by atoms with Crippen molar-refractivity contribution in [2.75, 3.05) is 13.1 Å². The number of carbonyl (C=O) groups is 3. The lowest BCUT2D eigenvalue weighted by Gasteiger charge is -2.39. The second-order valence-electron chi connectivity index (χ2n) is 6.79. The van der Waals surface area contributed by atoms with Gasteiger partial charge in [-0.3, -0.25) is 9.59 Å². The monoisotopic (exact) mass is 410 g/mol. The maximum atomic E-state index is 12.0. The first kappa shape index (κ1) is 22.5. The molecule has 1 aliphatic heterocycles. The van der Waals surface area contributed by atoms with Crippen LogP contribution in [-0.2, 0) is 16.0 Å². The van der Waals surface area contributed by atoms with Crippen LogP contribution in [0, 0.1) is 0 Å². The maximum Gasteiger partial charge on any atom is 0.451 e. The van der Waals surface area contributed by atoms with E-state index < -0.39 is 42.5 Å². The predicted octanol–water partition coefficient (Wildman–Crippen LogP) is -1.11. The number of amides is 1. The van der Waals surface area contributed by atoms with Crippen molar-refractivity contribution in [2.45, 2.75) is 37.7 Å². The highest BCUT2D eigenvalue weighted by Gasteiger charge is 2.34. The van der Waals surface area contributed by atoms with Gasteiger partial charge in [-0.2, -0.15) is 0 Å². The van der Waals surface area contributed by atoms with Crippen molar-refractivity contribution in [3.05, 3.63) is 23.3 Å². The smallest absolute Gasteiger partial charge is 0.451 e. The summed E-state index contributed by atoms with van der Waals surface area (Å²) in [6, 6.07) is 1.70. The van der Waals surface area contributed by atoms with Gasteiger partial charge >= 0.3 is 19.1 Å². The summed E-state index contributed by atoms with van der Waals surface area (Å²) in [7, 11) is -1.58. The fourth-order valence-electron chi connectivity index (χ4n) is 2.86. The van der Waals surface area contributed by atoms with Gasteiger partial charge in [0.15, 0.2) is 0 Å². The third-order valence-electron chi connectivity index (χ3n) is 4.59. The first-order chi connectivity index (χ1) is 13.6. The standard InChI is InChI=1S/C17H23BN2O9/c19-11(16(23)24)2-4-13(21)20-7-10(8-20)29-12-3-1-9(5-6-18(27)28)15(22)14(12)17(25)26/h1,3,10-11,22,27-28H,2,4-8,19H2,(H,23,24)(H,25,26)/t11-/m1/s1. The van der Waals surface area contributed by atoms with Gasteiger partial charge in [0, 0.05) is 6.42 Å². The number of aryl methyl sites for hydroxylation is 1. The highest BCUT2D eigenvalue weighted by molar-refractivity contribution is 6.41. The minimum atomic E-state index is -1.58. The number of nitrogens with two attached hydrogens (primary N) is 1. The Morgan fingerprint density at radius 1 is 1.24 bits per heavy atom. The molecule has 7 N–H and O–H groups in total. The quantitative estimate of drug-likeness (QED) is 0.258. The Balaban J connectivity index is 1.96. The Kier molecular flexibility index (Phi) is 7.43. The van der Waals surface area contributed by atoms with Crippen molar-refractivity contribution in [3.8, 4) is 11.5 Å². The van der Waals surface area contributed by atoms with Crippen LogP contribution in [0.15, 0.2) is 12.1 Å². The fourth-order valence-corrected chi connectivity index (χ4v) is 2.86. The summed E-state index contributed by atoms with van der Waals surface area (Å²) in [6.07, 6.45) is -0.495. The lowest BCUT2D eigenvalue weighted by atomic mass is 9.82. The van der Waals surface area contributed by atoms with Gasteiger partial charge in [-0.15, -0.1) is 0 Å². The third-order valence-corrected chi connectivity index (χ3v) is 4.59. The molecule has 1 amide bonds. The van der Waals surface area contributed by atoms with E-state index in [1.165, 1.54) is 17.0 Å². The number of ether oxygens (including phenoxy) is 1. The summed E-state index contributed by atoms with van der Waals surface area (Å²) < 4.78 is 5.60. The molecule has 0 saturated carbocycles. The van der Waals surface area contributed by atoms with Gasteiger partial charge in [-0.05, 0) is 30.8 Å². The van der Waals surface area contributed by atoms with Crippen molar-refractivity contribution in [1.82, 2.24) is 4.90 Å². The number of nitrogens with zero attached hydrogens (tertiary/aromatic N) is 1. The Hall–Kier alpha value is -2.83. The summed E-state index contributed by atoms with van der Waals surface area (Å²) in [4.78, 5) is 35.6. The largest absolute Gasteiger partial charge is 0.507 e. The van der Waals surface area contributed by atoms with E-state index in [4.69, 9.17) is 25.6 Å². The summed E-state index contributed by atoms with van der Waals surface area (Å²) >= 11 is 0. The molecule has 1 fully saturated rings. The molecule has 1 atom stereocenters. The number of carboxylic acid groups (broad SMARTS) is 2. The minimum Gasteiger partial charge on any atom is -0.507 e. The molecule has 1 aliphatic rings. The van der Waals surface area contributed by atoms with Crippen LogP contribution in [0.3, 0.4) is 0 Å². The van der Waals surface area contributed by atoms with Crippen LogP contribution in [0.5, 0.6) is 11.5 Å². The van der Waals surface area contributed by atoms with Crippen LogP contribution in [0.2, 0.25) is 6.32 Å². The highest BCUT2D eigenvalue weighted by Crippen LogP contribution is 2.34. The fraction of sp³-hybridized carbons (Fsp3) is 0.471. The predicted molar refractivity (Wildman–Crippen MR) is 99.6 cm³/mol. The molecule has 11 nitrogen and oxygen atoms in total. The number of hydrogen-bond acceptors (Lipinski definition) is 8. The number of rotatable bonds is 10. The number of likely N-dealkylation sites (tertiary alicyclic amines) is 1. The molecular weight excluding hydrogens is 387 g/mol. The van der Waals surface area contributed by atoms with E-state index in [1.807, 2.05) is 0 Å². The van der Waals surface area contributed by atoms with Crippen LogP contribution in [0.1, 0.15) is 28.8 Å². The van der Waals surface area contributed by atoms with E-state index in [9.17, 15) is 24.6 Å². The van der Waals surface area contributed by atoms with Crippen molar-refractivity contribution in [3.63, 3.8) is 0 Å². The van der Waals surface area contributed by atoms with Gasteiger partial charge in [-0.25, -0.2) is 4.79 Å². The number of hydrogen-bond donors (Lipinski definition) is 6. The van der Waals surface area contributed by atoms with Gasteiger partial charge in [0.05, 0.1) is 13.1 Å². The summed E-state index contributed by atoms with van der Waals surface area (Å²) in [5, 5.41) is 46.2. The second-order valence-corrected chi connectivity index (χ2v) is 6.79. The number of aromatic hydroxyl groups is 1. The molecule has 158 valence electrons. The van der Waals surface area contributed by atoms with Gasteiger partial charge in [-0.1, -0.05) is 6.07 Å². The molecule has 0 unspecified atom stereocenters. The summed E-state index contributed by atoms with van der Waals surface area (Å²) in [5.74, 6) is -3.43. The van der Waals surface area contributed by atoms with Gasteiger partial charge in [0.1, 0.15) is 29.2 Å². The zero-order valence-electron chi connectivity index (χ0n) is 15.5. The lowest BCUT2D eigenvalue weighted by molar-refractivity contribution is -0.141. The normalized spacial score (nSPS) is 14.8. The molecule has 0 aliphatic carbocycles. The van der Waals surface area contributed by atoms with Gasteiger partial charge < -0.3 is 40.7 Å². The van der Waals surface area contributed by atoms with E-state index in [2.05, 4.69) is 0 Å². The lowest BCUT2D eigenvalue weighted by Crippen LogP contribution is -2.56. The molecule has 1 aromatic carbocycles. The second kappa shape index (κ2) is 9.59. The van der Waals surface area contributed by atoms with E-state index in [1.54, 1.807) is 0 Å². The van der Waals surface area contributed by atoms with E-state index >= 15 is 0 Å². The first-order valence-electron chi connectivity index (χ1n) is 8.97. The zero-order valence-corrected chi connectivity index (χ0v) is 15.5. The molecule has 0 radical (unpaired) electrons. The van der Waals surface area contributed by atoms with Crippen molar-refractivity contribution in [1.29, 1.82) is 0 Å². The van der Waals surface area contributed by atoms with Crippen molar-refractivity contribution < 1.29 is 44.5 Å². The number of aliphatic carboxylic acids is 1. The maximum absolute atomic E-state index is 12.0. The molecular formula is C17H23BN2O9. The summed E-state index contributed by atoms with van der Waals surface area (Å²) in [5.41, 5.74) is 5.16. The average molecular weight is 410 g/mol. The van der Waals surface area contributed by atoms with Crippen LogP contribution < -0.4 is 10.5 Å². The molecule has 1 saturated heterocycles. The van der Waals surface area contributed by atoms with Crippen LogP contribution in [0.25, 0.3) is 0 Å². The van der Waals surface area contributed by atoms with Crippen molar-refractivity contribution >= 4 is 25.0 Å². The van der Waals surface area contributed by atoms with E-state index in [0.29, 0.717) is 0 Å². The van der Waals surface area contributed by atoms with Crippen LogP contribution in [-0.4, -0.2) is 80.5 Å². The van der Waals surface area contributed by atoms with Gasteiger partial charge in [0.25, 0.3) is 0 Å². The first-order valence-corrected chi connectivity index (χ1v) is 8.97. The SMILES string of the molecule is N[C@H](CCC(=O)N1CC(Oc2ccc(CCB(O)O)c(O)c2C(=O)O)C1)C(=O)O. The van der Waals surface area contributed by atoms with Gasteiger partial charge in [0.2, 0.25) is 5.91 Å².